The molecule has 0 saturated carbocycles. The highest BCUT2D eigenvalue weighted by Crippen LogP contribution is 2.29. The topological polar surface area (TPSA) is 65.3 Å². The quantitative estimate of drug-likeness (QED) is 0.372. The third-order valence-electron chi connectivity index (χ3n) is 2.37. The number of hydrogen-bond donors (Lipinski definition) is 0. The van der Waals surface area contributed by atoms with Crippen molar-refractivity contribution in [3.05, 3.63) is 40.1 Å². The first kappa shape index (κ1) is 12.0. The van der Waals surface area contributed by atoms with E-state index in [0.29, 0.717) is 16.7 Å². The summed E-state index contributed by atoms with van der Waals surface area (Å²) in [4.78, 5) is 14.8. The molecule has 88 valence electrons. The summed E-state index contributed by atoms with van der Waals surface area (Å²) in [5, 5.41) is 11.7. The van der Waals surface area contributed by atoms with Gasteiger partial charge in [-0.1, -0.05) is 28.7 Å². The predicted octanol–water partition coefficient (Wildman–Crippen LogP) is 3.09. The van der Waals surface area contributed by atoms with Gasteiger partial charge in [0, 0.05) is 9.81 Å². The van der Waals surface area contributed by atoms with Crippen LogP contribution in [0.15, 0.2) is 24.3 Å². The number of halogens is 1. The molecule has 1 heterocycles. The van der Waals surface area contributed by atoms with E-state index >= 15 is 0 Å². The van der Waals surface area contributed by atoms with E-state index in [-0.39, 0.29) is 5.69 Å². The van der Waals surface area contributed by atoms with E-state index in [4.69, 9.17) is 4.74 Å². The normalized spacial score (nSPS) is 10.5. The summed E-state index contributed by atoms with van der Waals surface area (Å²) >= 11 is 2.17. The van der Waals surface area contributed by atoms with Crippen LogP contribution in [0.3, 0.4) is 0 Å². The van der Waals surface area contributed by atoms with Crippen molar-refractivity contribution in [1.29, 1.82) is 0 Å². The Morgan fingerprint density at radius 1 is 1.47 bits per heavy atom. The number of benzene rings is 1. The molecule has 0 amide bonds. The van der Waals surface area contributed by atoms with Crippen molar-refractivity contribution < 1.29 is 9.66 Å². The third-order valence-corrected chi connectivity index (χ3v) is 3.15. The number of aromatic nitrogens is 1. The molecule has 0 atom stereocenters. The molecule has 2 rings (SSSR count). The second-order valence-corrected chi connectivity index (χ2v) is 4.17. The molecule has 5 nitrogen and oxygen atoms in total. The van der Waals surface area contributed by atoms with Crippen molar-refractivity contribution >= 4 is 39.2 Å². The average Bonchev–Trinajstić information content (AvgIpc) is 2.36. The second kappa shape index (κ2) is 4.82. The van der Waals surface area contributed by atoms with Gasteiger partial charge in [0.25, 0.3) is 5.69 Å². The number of nitrogens with zero attached hydrogens (tertiary/aromatic N) is 2. The molecule has 0 saturated heterocycles. The number of methoxy groups -OCH3 is 1. The van der Waals surface area contributed by atoms with Crippen LogP contribution in [0.25, 0.3) is 10.9 Å². The second-order valence-electron chi connectivity index (χ2n) is 3.41. The fourth-order valence-electron chi connectivity index (χ4n) is 1.56. The largest absolute Gasteiger partial charge is 0.496 e. The summed E-state index contributed by atoms with van der Waals surface area (Å²) in [5.74, 6) is 0.466. The number of non-ortho nitro benzene ring substituents is 1. The van der Waals surface area contributed by atoms with E-state index in [2.05, 4.69) is 27.6 Å². The van der Waals surface area contributed by atoms with Crippen LogP contribution in [0, 0.1) is 10.1 Å². The van der Waals surface area contributed by atoms with Crippen LogP contribution in [0.1, 0.15) is 5.69 Å². The van der Waals surface area contributed by atoms with Crippen LogP contribution < -0.4 is 4.74 Å². The monoisotopic (exact) mass is 344 g/mol. The molecule has 2 aromatic rings. The summed E-state index contributed by atoms with van der Waals surface area (Å²) in [6.45, 7) is 0. The molecule has 0 N–H and O–H groups in total. The van der Waals surface area contributed by atoms with E-state index < -0.39 is 4.92 Å². The lowest BCUT2D eigenvalue weighted by molar-refractivity contribution is -0.383. The lowest BCUT2D eigenvalue weighted by Gasteiger charge is -2.04. The summed E-state index contributed by atoms with van der Waals surface area (Å²) < 4.78 is 5.76. The van der Waals surface area contributed by atoms with Crippen LogP contribution in [-0.2, 0) is 4.43 Å². The minimum Gasteiger partial charge on any atom is -0.496 e. The van der Waals surface area contributed by atoms with Gasteiger partial charge in [0.15, 0.2) is 0 Å². The van der Waals surface area contributed by atoms with Gasteiger partial charge in [0.1, 0.15) is 11.3 Å². The highest BCUT2D eigenvalue weighted by atomic mass is 127. The molecule has 0 fully saturated rings. The van der Waals surface area contributed by atoms with Crippen LogP contribution in [0.5, 0.6) is 5.75 Å². The van der Waals surface area contributed by atoms with Crippen molar-refractivity contribution in [3.8, 4) is 5.75 Å². The molecular weight excluding hydrogens is 335 g/mol. The highest BCUT2D eigenvalue weighted by molar-refractivity contribution is 14.1. The zero-order chi connectivity index (χ0) is 12.4. The maximum atomic E-state index is 11.0. The molecule has 0 unspecified atom stereocenters. The minimum atomic E-state index is -0.436. The zero-order valence-corrected chi connectivity index (χ0v) is 11.2. The standard InChI is InChI=1S/C11H9IN2O3/c1-17-9-4-7-2-3-8(6-12)13-11(7)10(5-9)14(15)16/h2-5H,6H2,1H3. The van der Waals surface area contributed by atoms with E-state index in [1.165, 1.54) is 13.2 Å². The number of fused-ring (bicyclic) bond motifs is 1. The predicted molar refractivity (Wildman–Crippen MR) is 72.7 cm³/mol. The molecular formula is C11H9IN2O3. The lowest BCUT2D eigenvalue weighted by Crippen LogP contribution is -1.95. The van der Waals surface area contributed by atoms with Crippen molar-refractivity contribution in [1.82, 2.24) is 4.98 Å². The molecule has 0 aliphatic rings. The number of nitro benzene ring substituents is 1. The minimum absolute atomic E-state index is 0.0222. The first-order valence-corrected chi connectivity index (χ1v) is 6.36. The zero-order valence-electron chi connectivity index (χ0n) is 9.01. The molecule has 0 radical (unpaired) electrons. The van der Waals surface area contributed by atoms with Crippen molar-refractivity contribution in [2.75, 3.05) is 7.11 Å². The molecule has 1 aromatic heterocycles. The number of pyridine rings is 1. The first-order valence-electron chi connectivity index (χ1n) is 4.83. The Labute approximate surface area is 111 Å². The smallest absolute Gasteiger partial charge is 0.299 e. The van der Waals surface area contributed by atoms with Crippen molar-refractivity contribution in [2.45, 2.75) is 4.43 Å². The summed E-state index contributed by atoms with van der Waals surface area (Å²) in [6.07, 6.45) is 0. The van der Waals surface area contributed by atoms with Crippen molar-refractivity contribution in [2.24, 2.45) is 0 Å². The number of nitro groups is 1. The van der Waals surface area contributed by atoms with Gasteiger partial charge in [-0.2, -0.15) is 0 Å². The van der Waals surface area contributed by atoms with Gasteiger partial charge < -0.3 is 4.74 Å². The maximum absolute atomic E-state index is 11.0. The summed E-state index contributed by atoms with van der Waals surface area (Å²) in [6, 6.07) is 6.82. The first-order chi connectivity index (χ1) is 8.15. The molecule has 1 aromatic carbocycles. The number of rotatable bonds is 3. The molecule has 0 spiro atoms. The SMILES string of the molecule is COc1cc([N+](=O)[O-])c2nc(CI)ccc2c1. The van der Waals surface area contributed by atoms with E-state index in [1.807, 2.05) is 12.1 Å². The van der Waals surface area contributed by atoms with Crippen LogP contribution in [0.2, 0.25) is 0 Å². The number of hydrogen-bond acceptors (Lipinski definition) is 4. The maximum Gasteiger partial charge on any atom is 0.299 e. The van der Waals surface area contributed by atoms with Gasteiger partial charge in [-0.15, -0.1) is 0 Å². The van der Waals surface area contributed by atoms with Crippen LogP contribution in [-0.4, -0.2) is 17.0 Å². The van der Waals surface area contributed by atoms with Crippen LogP contribution >= 0.6 is 22.6 Å². The van der Waals surface area contributed by atoms with Gasteiger partial charge in [-0.25, -0.2) is 4.98 Å². The third kappa shape index (κ3) is 2.31. The summed E-state index contributed by atoms with van der Waals surface area (Å²) in [5.41, 5.74) is 1.21. The molecule has 0 bridgehead atoms. The molecule has 0 aliphatic carbocycles. The summed E-state index contributed by atoms with van der Waals surface area (Å²) in [7, 11) is 1.48. The van der Waals surface area contributed by atoms with Gasteiger partial charge >= 0.3 is 0 Å². The van der Waals surface area contributed by atoms with E-state index in [0.717, 1.165) is 10.1 Å². The Bertz CT molecular complexity index is 586. The number of ether oxygens (including phenoxy) is 1. The van der Waals surface area contributed by atoms with Gasteiger partial charge in [-0.05, 0) is 12.1 Å². The lowest BCUT2D eigenvalue weighted by atomic mass is 10.1. The fraction of sp³-hybridized carbons (Fsp3) is 0.182. The fourth-order valence-corrected chi connectivity index (χ4v) is 1.99. The number of alkyl halides is 1. The Morgan fingerprint density at radius 3 is 2.82 bits per heavy atom. The van der Waals surface area contributed by atoms with E-state index in [1.54, 1.807) is 6.07 Å². The Balaban J connectivity index is 2.77. The highest BCUT2D eigenvalue weighted by Gasteiger charge is 2.16. The van der Waals surface area contributed by atoms with Gasteiger partial charge in [-0.3, -0.25) is 10.1 Å². The molecule has 6 heteroatoms. The molecule has 0 aliphatic heterocycles. The van der Waals surface area contributed by atoms with Gasteiger partial charge in [0.2, 0.25) is 0 Å². The van der Waals surface area contributed by atoms with E-state index in [9.17, 15) is 10.1 Å². The molecule has 17 heavy (non-hydrogen) atoms. The Morgan fingerprint density at radius 2 is 2.24 bits per heavy atom. The van der Waals surface area contributed by atoms with Gasteiger partial charge in [0.05, 0.1) is 23.8 Å². The van der Waals surface area contributed by atoms with Crippen LogP contribution in [0.4, 0.5) is 5.69 Å². The Hall–Kier alpha value is -1.44. The van der Waals surface area contributed by atoms with Crippen molar-refractivity contribution in [3.63, 3.8) is 0 Å². The Kier molecular flexibility index (Phi) is 3.41. The average molecular weight is 344 g/mol.